The number of para-hydroxylation sites is 1. The van der Waals surface area contributed by atoms with Gasteiger partial charge < -0.3 is 0 Å². The molecule has 2 heterocycles. The van der Waals surface area contributed by atoms with Gasteiger partial charge >= 0.3 is 0 Å². The molecule has 0 saturated heterocycles. The molecule has 0 spiro atoms. The number of aromatic nitrogens is 1. The molecule has 0 fully saturated rings. The Morgan fingerprint density at radius 3 is 2.00 bits per heavy atom. The third kappa shape index (κ3) is 5.66. The predicted octanol–water partition coefficient (Wildman–Crippen LogP) is 13.7. The van der Waals surface area contributed by atoms with Crippen LogP contribution >= 0.6 is 11.3 Å². The van der Waals surface area contributed by atoms with Gasteiger partial charge in [0.2, 0.25) is 0 Å². The fourth-order valence-electron chi connectivity index (χ4n) is 7.40. The Labute approximate surface area is 302 Å². The summed E-state index contributed by atoms with van der Waals surface area (Å²) in [5.41, 5.74) is 11.0. The fourth-order valence-corrected chi connectivity index (χ4v) is 8.64. The normalized spacial score (nSPS) is 12.9. The number of fused-ring (bicyclic) bond motifs is 6. The summed E-state index contributed by atoms with van der Waals surface area (Å²) in [4.78, 5) is 4.98. The summed E-state index contributed by atoms with van der Waals surface area (Å²) in [6, 6.07) is 59.2. The molecule has 0 amide bonds. The van der Waals surface area contributed by atoms with Crippen molar-refractivity contribution in [1.82, 2.24) is 4.57 Å². The fraction of sp³-hybridized carbons (Fsp3) is 0.0625. The lowest BCUT2D eigenvalue weighted by Gasteiger charge is -2.10. The van der Waals surface area contributed by atoms with E-state index in [1.54, 1.807) is 0 Å². The first kappa shape index (κ1) is 31.0. The molecule has 244 valence electrons. The smallest absolute Gasteiger partial charge is 0.110 e. The van der Waals surface area contributed by atoms with Crippen LogP contribution < -0.4 is 0 Å². The molecule has 2 aromatic heterocycles. The Morgan fingerprint density at radius 1 is 0.549 bits per heavy atom. The molecule has 0 saturated carbocycles. The van der Waals surface area contributed by atoms with Gasteiger partial charge in [-0.1, -0.05) is 146 Å². The molecule has 9 rings (SSSR count). The molecule has 3 heteroatoms. The molecule has 7 aromatic carbocycles. The Hall–Kier alpha value is -6.03. The summed E-state index contributed by atoms with van der Waals surface area (Å²) >= 11 is 1.88. The Kier molecular flexibility index (Phi) is 7.91. The standard InChI is InChI=1S/C48H36N2S/c1-32(34-22-24-36(25-23-34)38-15-10-14-37(30-38)35-12-4-3-5-13-35)28-29-49-33(2)50-45-20-8-6-16-41(45)44-31-39(26-27-46(44)50)40-18-11-19-43-42-17-7-9-21-47(42)51-48(40)43/h3-32H,1-2H3/b29-28-,49-33?. The number of hydrogen-bond acceptors (Lipinski definition) is 2. The van der Waals surface area contributed by atoms with E-state index in [-0.39, 0.29) is 5.92 Å². The van der Waals surface area contributed by atoms with Gasteiger partial charge in [-0.2, -0.15) is 0 Å². The van der Waals surface area contributed by atoms with E-state index in [1.165, 1.54) is 75.4 Å². The minimum Gasteiger partial charge on any atom is -0.297 e. The Morgan fingerprint density at radius 2 is 1.18 bits per heavy atom. The first-order valence-corrected chi connectivity index (χ1v) is 18.4. The van der Waals surface area contributed by atoms with Crippen LogP contribution in [0.25, 0.3) is 75.4 Å². The van der Waals surface area contributed by atoms with E-state index in [1.807, 2.05) is 17.5 Å². The van der Waals surface area contributed by atoms with Crippen molar-refractivity contribution >= 4 is 59.2 Å². The van der Waals surface area contributed by atoms with Gasteiger partial charge in [0.25, 0.3) is 0 Å². The Bertz CT molecular complexity index is 2760. The lowest BCUT2D eigenvalue weighted by Crippen LogP contribution is -2.06. The van der Waals surface area contributed by atoms with E-state index in [0.29, 0.717) is 0 Å². The molecule has 1 atom stereocenters. The molecule has 0 bridgehead atoms. The second kappa shape index (κ2) is 13.0. The zero-order valence-corrected chi connectivity index (χ0v) is 29.4. The van der Waals surface area contributed by atoms with Crippen molar-refractivity contribution in [3.63, 3.8) is 0 Å². The third-order valence-corrected chi connectivity index (χ3v) is 11.3. The number of rotatable bonds is 6. The average Bonchev–Trinajstić information content (AvgIpc) is 3.74. The molecule has 0 aliphatic rings. The van der Waals surface area contributed by atoms with Crippen LogP contribution in [0.2, 0.25) is 0 Å². The van der Waals surface area contributed by atoms with Crippen LogP contribution in [-0.4, -0.2) is 10.4 Å². The highest BCUT2D eigenvalue weighted by Gasteiger charge is 2.15. The summed E-state index contributed by atoms with van der Waals surface area (Å²) in [6.07, 6.45) is 4.15. The van der Waals surface area contributed by atoms with E-state index < -0.39 is 0 Å². The molecule has 0 N–H and O–H groups in total. The van der Waals surface area contributed by atoms with Gasteiger partial charge in [-0.15, -0.1) is 11.3 Å². The number of benzene rings is 7. The van der Waals surface area contributed by atoms with Crippen LogP contribution in [0.3, 0.4) is 0 Å². The number of nitrogens with zero attached hydrogens (tertiary/aromatic N) is 2. The van der Waals surface area contributed by atoms with E-state index in [2.05, 4.69) is 188 Å². The van der Waals surface area contributed by atoms with E-state index in [9.17, 15) is 0 Å². The maximum Gasteiger partial charge on any atom is 0.110 e. The van der Waals surface area contributed by atoms with Gasteiger partial charge in [0.1, 0.15) is 5.84 Å². The zero-order chi connectivity index (χ0) is 34.3. The van der Waals surface area contributed by atoms with Crippen molar-refractivity contribution in [3.05, 3.63) is 182 Å². The van der Waals surface area contributed by atoms with Crippen LogP contribution in [0.4, 0.5) is 0 Å². The van der Waals surface area contributed by atoms with Gasteiger partial charge in [-0.05, 0) is 76.2 Å². The van der Waals surface area contributed by atoms with Crippen LogP contribution in [0.1, 0.15) is 25.3 Å². The summed E-state index contributed by atoms with van der Waals surface area (Å²) in [7, 11) is 0. The van der Waals surface area contributed by atoms with E-state index in [0.717, 1.165) is 11.4 Å². The van der Waals surface area contributed by atoms with Gasteiger partial charge in [0, 0.05) is 43.1 Å². The van der Waals surface area contributed by atoms with Crippen molar-refractivity contribution in [2.24, 2.45) is 4.99 Å². The molecule has 1 unspecified atom stereocenters. The van der Waals surface area contributed by atoms with Gasteiger partial charge in [0.05, 0.1) is 11.0 Å². The van der Waals surface area contributed by atoms with Crippen molar-refractivity contribution in [2.75, 3.05) is 0 Å². The number of aliphatic imine (C=N–C) groups is 1. The van der Waals surface area contributed by atoms with Gasteiger partial charge in [-0.25, -0.2) is 4.99 Å². The molecule has 9 aromatic rings. The molecule has 0 aliphatic carbocycles. The second-order valence-corrected chi connectivity index (χ2v) is 14.3. The van der Waals surface area contributed by atoms with E-state index in [4.69, 9.17) is 4.99 Å². The zero-order valence-electron chi connectivity index (χ0n) is 28.6. The number of hydrogen-bond donors (Lipinski definition) is 0. The second-order valence-electron chi connectivity index (χ2n) is 13.2. The number of thiophene rings is 1. The largest absolute Gasteiger partial charge is 0.297 e. The van der Waals surface area contributed by atoms with Crippen LogP contribution in [-0.2, 0) is 0 Å². The summed E-state index contributed by atoms with van der Waals surface area (Å²) < 4.78 is 4.96. The first-order chi connectivity index (χ1) is 25.1. The predicted molar refractivity (Wildman–Crippen MR) is 221 cm³/mol. The van der Waals surface area contributed by atoms with Crippen molar-refractivity contribution in [1.29, 1.82) is 0 Å². The molecule has 2 nitrogen and oxygen atoms in total. The van der Waals surface area contributed by atoms with Gasteiger partial charge in [-0.3, -0.25) is 4.57 Å². The quantitative estimate of drug-likeness (QED) is 0.124. The van der Waals surface area contributed by atoms with Crippen LogP contribution in [0.15, 0.2) is 181 Å². The summed E-state index contributed by atoms with van der Waals surface area (Å²) in [6.45, 7) is 4.33. The molecule has 0 aliphatic heterocycles. The van der Waals surface area contributed by atoms with Crippen LogP contribution in [0.5, 0.6) is 0 Å². The molecular formula is C48H36N2S. The van der Waals surface area contributed by atoms with E-state index >= 15 is 0 Å². The topological polar surface area (TPSA) is 17.3 Å². The highest BCUT2D eigenvalue weighted by atomic mass is 32.1. The van der Waals surface area contributed by atoms with Crippen molar-refractivity contribution < 1.29 is 0 Å². The molecule has 0 radical (unpaired) electrons. The van der Waals surface area contributed by atoms with Crippen LogP contribution in [0, 0.1) is 0 Å². The average molecular weight is 673 g/mol. The SMILES string of the molecule is CC(=N/C=C\C(C)c1ccc(-c2cccc(-c3ccccc3)c2)cc1)n1c2ccccc2c2cc(-c3cccc4c3sc3ccccc34)ccc21. The monoisotopic (exact) mass is 672 g/mol. The molecular weight excluding hydrogens is 637 g/mol. The number of allylic oxidation sites excluding steroid dienone is 1. The van der Waals surface area contributed by atoms with Crippen molar-refractivity contribution in [3.8, 4) is 33.4 Å². The van der Waals surface area contributed by atoms with Crippen molar-refractivity contribution in [2.45, 2.75) is 19.8 Å². The first-order valence-electron chi connectivity index (χ1n) is 17.5. The maximum absolute atomic E-state index is 4.98. The minimum atomic E-state index is 0.226. The Balaban J connectivity index is 0.999. The highest BCUT2D eigenvalue weighted by Crippen LogP contribution is 2.41. The minimum absolute atomic E-state index is 0.226. The third-order valence-electron chi connectivity index (χ3n) is 10.1. The summed E-state index contributed by atoms with van der Waals surface area (Å²) in [5, 5.41) is 5.12. The lowest BCUT2D eigenvalue weighted by molar-refractivity contribution is 0.963. The highest BCUT2D eigenvalue weighted by molar-refractivity contribution is 7.26. The maximum atomic E-state index is 4.98. The lowest BCUT2D eigenvalue weighted by atomic mass is 9.95. The van der Waals surface area contributed by atoms with Gasteiger partial charge in [0.15, 0.2) is 0 Å². The molecule has 51 heavy (non-hydrogen) atoms. The summed E-state index contributed by atoms with van der Waals surface area (Å²) in [5.74, 6) is 1.17.